The van der Waals surface area contributed by atoms with Crippen molar-refractivity contribution in [2.24, 2.45) is 0 Å². The maximum atomic E-state index is 9.73. The monoisotopic (exact) mass is 257 g/mol. The number of rotatable bonds is 3. The molecule has 19 heavy (non-hydrogen) atoms. The summed E-state index contributed by atoms with van der Waals surface area (Å²) in [6.45, 7) is 1.12. The second-order valence-electron chi connectivity index (χ2n) is 4.60. The van der Waals surface area contributed by atoms with E-state index < -0.39 is 0 Å². The fourth-order valence-electron chi connectivity index (χ4n) is 2.27. The number of phenolic OH excluding ortho intramolecular Hbond substituents is 2. The molecule has 0 spiro atoms. The van der Waals surface area contributed by atoms with Gasteiger partial charge < -0.3 is 20.3 Å². The molecule has 3 rings (SSSR count). The first kappa shape index (κ1) is 11.9. The zero-order chi connectivity index (χ0) is 13.2. The molecule has 0 bridgehead atoms. The van der Waals surface area contributed by atoms with Crippen molar-refractivity contribution in [3.63, 3.8) is 0 Å². The summed E-state index contributed by atoms with van der Waals surface area (Å²) in [6, 6.07) is 12.7. The summed E-state index contributed by atoms with van der Waals surface area (Å²) in [4.78, 5) is 0. The van der Waals surface area contributed by atoms with Gasteiger partial charge in [-0.25, -0.2) is 0 Å². The van der Waals surface area contributed by atoms with Gasteiger partial charge in [-0.1, -0.05) is 24.3 Å². The summed E-state index contributed by atoms with van der Waals surface area (Å²) in [5.41, 5.74) is 1.89. The predicted octanol–water partition coefficient (Wildman–Crippen LogP) is 2.32. The molecule has 2 aromatic rings. The minimum Gasteiger partial charge on any atom is -0.508 e. The minimum absolute atomic E-state index is 0.0656. The summed E-state index contributed by atoms with van der Waals surface area (Å²) in [6.07, 6.45) is 0. The van der Waals surface area contributed by atoms with Crippen molar-refractivity contribution in [3.8, 4) is 17.2 Å². The number of phenols is 2. The van der Waals surface area contributed by atoms with E-state index in [2.05, 4.69) is 5.32 Å². The number of benzene rings is 2. The van der Waals surface area contributed by atoms with Crippen molar-refractivity contribution < 1.29 is 14.9 Å². The van der Waals surface area contributed by atoms with E-state index >= 15 is 0 Å². The van der Waals surface area contributed by atoms with Crippen molar-refractivity contribution in [1.82, 2.24) is 5.32 Å². The van der Waals surface area contributed by atoms with E-state index in [9.17, 15) is 10.2 Å². The van der Waals surface area contributed by atoms with Crippen molar-refractivity contribution >= 4 is 0 Å². The number of ether oxygens (including phenoxy) is 1. The summed E-state index contributed by atoms with van der Waals surface area (Å²) < 4.78 is 5.58. The first-order valence-corrected chi connectivity index (χ1v) is 6.20. The lowest BCUT2D eigenvalue weighted by molar-refractivity contribution is 0.310. The molecule has 98 valence electrons. The van der Waals surface area contributed by atoms with Crippen LogP contribution in [-0.4, -0.2) is 16.8 Å². The predicted molar refractivity (Wildman–Crippen MR) is 71.3 cm³/mol. The topological polar surface area (TPSA) is 61.7 Å². The number of fused-ring (bicyclic) bond motifs is 1. The smallest absolute Gasteiger partial charge is 0.124 e. The Bertz CT molecular complexity index is 598. The van der Waals surface area contributed by atoms with E-state index in [-0.39, 0.29) is 17.5 Å². The van der Waals surface area contributed by atoms with Gasteiger partial charge in [0.05, 0.1) is 6.04 Å². The fourth-order valence-corrected chi connectivity index (χ4v) is 2.27. The number of hydrogen-bond acceptors (Lipinski definition) is 4. The molecule has 0 fully saturated rings. The second kappa shape index (κ2) is 4.82. The van der Waals surface area contributed by atoms with Crippen LogP contribution >= 0.6 is 0 Å². The molecule has 0 aromatic heterocycles. The van der Waals surface area contributed by atoms with Gasteiger partial charge in [0.1, 0.15) is 23.9 Å². The molecule has 4 nitrogen and oxygen atoms in total. The first-order chi connectivity index (χ1) is 9.24. The highest BCUT2D eigenvalue weighted by Gasteiger charge is 2.23. The van der Waals surface area contributed by atoms with Crippen LogP contribution in [0.25, 0.3) is 0 Å². The highest BCUT2D eigenvalue weighted by atomic mass is 16.5. The van der Waals surface area contributed by atoms with Gasteiger partial charge in [-0.15, -0.1) is 0 Å². The van der Waals surface area contributed by atoms with Gasteiger partial charge in [-0.2, -0.15) is 0 Å². The Balaban J connectivity index is 1.71. The lowest BCUT2D eigenvalue weighted by Gasteiger charge is -2.12. The molecule has 4 heteroatoms. The molecule has 3 N–H and O–H groups in total. The van der Waals surface area contributed by atoms with E-state index in [0.717, 1.165) is 16.9 Å². The Morgan fingerprint density at radius 2 is 2.00 bits per heavy atom. The molecule has 1 aliphatic heterocycles. The average molecular weight is 257 g/mol. The zero-order valence-corrected chi connectivity index (χ0v) is 10.3. The van der Waals surface area contributed by atoms with Crippen molar-refractivity contribution in [1.29, 1.82) is 0 Å². The summed E-state index contributed by atoms with van der Waals surface area (Å²) >= 11 is 0. The standard InChI is InChI=1S/C15H15NO3/c17-11-6-5-10(14(18)7-11)8-16-13-9-19-15-4-2-1-3-12(13)15/h1-7,13,16-18H,8-9H2. The van der Waals surface area contributed by atoms with E-state index in [1.807, 2.05) is 24.3 Å². The normalized spacial score (nSPS) is 16.9. The number of nitrogens with one attached hydrogen (secondary N) is 1. The third-order valence-electron chi connectivity index (χ3n) is 3.31. The maximum absolute atomic E-state index is 9.73. The van der Waals surface area contributed by atoms with Crippen molar-refractivity contribution in [3.05, 3.63) is 53.6 Å². The molecule has 0 saturated heterocycles. The Morgan fingerprint density at radius 1 is 1.16 bits per heavy atom. The summed E-state index contributed by atoms with van der Waals surface area (Å²) in [5.74, 6) is 1.07. The van der Waals surface area contributed by atoms with Crippen LogP contribution < -0.4 is 10.1 Å². The highest BCUT2D eigenvalue weighted by molar-refractivity contribution is 5.41. The van der Waals surface area contributed by atoms with Crippen molar-refractivity contribution in [2.45, 2.75) is 12.6 Å². The van der Waals surface area contributed by atoms with Crippen LogP contribution in [0, 0.1) is 0 Å². The van der Waals surface area contributed by atoms with Gasteiger partial charge in [0.15, 0.2) is 0 Å². The van der Waals surface area contributed by atoms with Crippen LogP contribution in [0.1, 0.15) is 17.2 Å². The van der Waals surface area contributed by atoms with Gasteiger partial charge in [0, 0.05) is 23.7 Å². The molecule has 0 aliphatic carbocycles. The molecule has 0 radical (unpaired) electrons. The van der Waals surface area contributed by atoms with E-state index in [1.54, 1.807) is 12.1 Å². The SMILES string of the molecule is Oc1ccc(CNC2COc3ccccc32)c(O)c1. The third-order valence-corrected chi connectivity index (χ3v) is 3.31. The molecule has 1 heterocycles. The highest BCUT2D eigenvalue weighted by Crippen LogP contribution is 2.32. The van der Waals surface area contributed by atoms with E-state index in [1.165, 1.54) is 6.07 Å². The number of para-hydroxylation sites is 1. The molecule has 1 atom stereocenters. The van der Waals surface area contributed by atoms with Crippen LogP contribution in [0.3, 0.4) is 0 Å². The summed E-state index contributed by atoms with van der Waals surface area (Å²) in [7, 11) is 0. The Morgan fingerprint density at radius 3 is 2.84 bits per heavy atom. The largest absolute Gasteiger partial charge is 0.508 e. The van der Waals surface area contributed by atoms with Crippen LogP contribution in [0.2, 0.25) is 0 Å². The van der Waals surface area contributed by atoms with Crippen LogP contribution in [0.4, 0.5) is 0 Å². The third kappa shape index (κ3) is 2.35. The molecule has 0 amide bonds. The van der Waals surface area contributed by atoms with Gasteiger partial charge in [-0.05, 0) is 12.1 Å². The molecule has 2 aromatic carbocycles. The van der Waals surface area contributed by atoms with Crippen LogP contribution in [-0.2, 0) is 6.54 Å². The van der Waals surface area contributed by atoms with Crippen LogP contribution in [0.5, 0.6) is 17.2 Å². The summed E-state index contributed by atoms with van der Waals surface area (Å²) in [5, 5.41) is 22.3. The lowest BCUT2D eigenvalue weighted by Crippen LogP contribution is -2.21. The Hall–Kier alpha value is -2.20. The van der Waals surface area contributed by atoms with Gasteiger partial charge >= 0.3 is 0 Å². The zero-order valence-electron chi connectivity index (χ0n) is 10.3. The van der Waals surface area contributed by atoms with Gasteiger partial charge in [-0.3, -0.25) is 0 Å². The van der Waals surface area contributed by atoms with E-state index in [4.69, 9.17) is 4.74 Å². The van der Waals surface area contributed by atoms with Gasteiger partial charge in [0.2, 0.25) is 0 Å². The fraction of sp³-hybridized carbons (Fsp3) is 0.200. The average Bonchev–Trinajstić information content (AvgIpc) is 2.81. The molecule has 0 saturated carbocycles. The molecule has 1 unspecified atom stereocenters. The molecular weight excluding hydrogens is 242 g/mol. The lowest BCUT2D eigenvalue weighted by atomic mass is 10.1. The van der Waals surface area contributed by atoms with Crippen LogP contribution in [0.15, 0.2) is 42.5 Å². The molecule has 1 aliphatic rings. The maximum Gasteiger partial charge on any atom is 0.124 e. The quantitative estimate of drug-likeness (QED) is 0.789. The van der Waals surface area contributed by atoms with E-state index in [0.29, 0.717) is 13.2 Å². The Kier molecular flexibility index (Phi) is 3.01. The second-order valence-corrected chi connectivity index (χ2v) is 4.60. The van der Waals surface area contributed by atoms with Gasteiger partial charge in [0.25, 0.3) is 0 Å². The Labute approximate surface area is 111 Å². The first-order valence-electron chi connectivity index (χ1n) is 6.20. The minimum atomic E-state index is 0.0656. The number of hydrogen-bond donors (Lipinski definition) is 3. The number of aromatic hydroxyl groups is 2. The molecular formula is C15H15NO3. The van der Waals surface area contributed by atoms with Crippen molar-refractivity contribution in [2.75, 3.05) is 6.61 Å².